The van der Waals surface area contributed by atoms with Crippen LogP contribution < -0.4 is 5.32 Å². The Balaban J connectivity index is 1.32. The topological polar surface area (TPSA) is 60.0 Å². The largest absolute Gasteiger partial charge is 0.379 e. The number of nitrogens with one attached hydrogen (secondary N) is 1. The number of rotatable bonds is 8. The lowest BCUT2D eigenvalue weighted by Gasteiger charge is -2.26. The van der Waals surface area contributed by atoms with Gasteiger partial charge in [0, 0.05) is 32.8 Å². The highest BCUT2D eigenvalue weighted by molar-refractivity contribution is 5.77. The van der Waals surface area contributed by atoms with Gasteiger partial charge in [-0.3, -0.25) is 9.69 Å². The van der Waals surface area contributed by atoms with Gasteiger partial charge in [0.2, 0.25) is 5.91 Å². The third-order valence-corrected chi connectivity index (χ3v) is 4.58. The summed E-state index contributed by atoms with van der Waals surface area (Å²) in [6.45, 7) is 6.50. The van der Waals surface area contributed by atoms with Gasteiger partial charge < -0.3 is 19.5 Å². The summed E-state index contributed by atoms with van der Waals surface area (Å²) in [5.74, 6) is -0.0876. The van der Waals surface area contributed by atoms with Crippen LogP contribution in [-0.2, 0) is 32.1 Å². The molecule has 138 valence electrons. The molecule has 0 spiro atoms. The lowest BCUT2D eigenvalue weighted by molar-refractivity contribution is -0.127. The second-order valence-electron chi connectivity index (χ2n) is 6.63. The number of nitrogens with zero attached hydrogens (tertiary/aromatic N) is 1. The summed E-state index contributed by atoms with van der Waals surface area (Å²) in [4.78, 5) is 14.2. The molecule has 3 rings (SSSR count). The summed E-state index contributed by atoms with van der Waals surface area (Å²) in [6, 6.07) is 8.41. The average Bonchev–Trinajstić information content (AvgIpc) is 3.15. The van der Waals surface area contributed by atoms with Gasteiger partial charge in [-0.25, -0.2) is 0 Å². The fourth-order valence-corrected chi connectivity index (χ4v) is 3.09. The molecule has 0 aliphatic carbocycles. The molecule has 2 heterocycles. The fourth-order valence-electron chi connectivity index (χ4n) is 3.09. The van der Waals surface area contributed by atoms with E-state index in [0.29, 0.717) is 13.2 Å². The monoisotopic (exact) mass is 348 g/mol. The highest BCUT2D eigenvalue weighted by atomic mass is 16.5. The minimum absolute atomic E-state index is 0.0876. The molecule has 1 aromatic rings. The van der Waals surface area contributed by atoms with Gasteiger partial charge in [0.1, 0.15) is 6.61 Å². The maximum absolute atomic E-state index is 11.8. The van der Waals surface area contributed by atoms with Gasteiger partial charge in [-0.05, 0) is 24.0 Å². The standard InChI is InChI=1S/C19H28N2O4/c22-19(15-24-14-18-2-1-9-25-18)20-12-16-3-5-17(6-4-16)13-21-7-10-23-11-8-21/h3-6,18H,1-2,7-15H2,(H,20,22). The highest BCUT2D eigenvalue weighted by Crippen LogP contribution is 2.12. The minimum Gasteiger partial charge on any atom is -0.379 e. The van der Waals surface area contributed by atoms with E-state index in [0.717, 1.165) is 57.9 Å². The van der Waals surface area contributed by atoms with Crippen molar-refractivity contribution in [2.24, 2.45) is 0 Å². The maximum Gasteiger partial charge on any atom is 0.246 e. The zero-order valence-electron chi connectivity index (χ0n) is 14.7. The highest BCUT2D eigenvalue weighted by Gasteiger charge is 2.16. The summed E-state index contributed by atoms with van der Waals surface area (Å²) in [6.07, 6.45) is 2.27. The minimum atomic E-state index is -0.0876. The number of amides is 1. The van der Waals surface area contributed by atoms with E-state index in [1.807, 2.05) is 0 Å². The molecule has 2 saturated heterocycles. The molecule has 0 saturated carbocycles. The predicted molar refractivity (Wildman–Crippen MR) is 94.2 cm³/mol. The summed E-state index contributed by atoms with van der Waals surface area (Å²) in [7, 11) is 0. The molecule has 1 atom stereocenters. The van der Waals surface area contributed by atoms with Crippen LogP contribution in [0.3, 0.4) is 0 Å². The van der Waals surface area contributed by atoms with Gasteiger partial charge >= 0.3 is 0 Å². The van der Waals surface area contributed by atoms with Crippen molar-refractivity contribution in [2.75, 3.05) is 46.1 Å². The maximum atomic E-state index is 11.8. The van der Waals surface area contributed by atoms with E-state index >= 15 is 0 Å². The molecular weight excluding hydrogens is 320 g/mol. The van der Waals surface area contributed by atoms with Gasteiger partial charge in [0.05, 0.1) is 25.9 Å². The van der Waals surface area contributed by atoms with Crippen LogP contribution in [0.5, 0.6) is 0 Å². The van der Waals surface area contributed by atoms with Crippen molar-refractivity contribution >= 4 is 5.91 Å². The van der Waals surface area contributed by atoms with Crippen molar-refractivity contribution in [3.8, 4) is 0 Å². The smallest absolute Gasteiger partial charge is 0.246 e. The molecular formula is C19H28N2O4. The number of hydrogen-bond acceptors (Lipinski definition) is 5. The normalized spacial score (nSPS) is 21.4. The average molecular weight is 348 g/mol. The third-order valence-electron chi connectivity index (χ3n) is 4.58. The van der Waals surface area contributed by atoms with Gasteiger partial charge in [-0.1, -0.05) is 24.3 Å². The molecule has 2 aliphatic rings. The van der Waals surface area contributed by atoms with Gasteiger partial charge in [-0.15, -0.1) is 0 Å². The lowest BCUT2D eigenvalue weighted by Crippen LogP contribution is -2.35. The molecule has 6 nitrogen and oxygen atoms in total. The Morgan fingerprint density at radius 3 is 2.64 bits per heavy atom. The summed E-state index contributed by atoms with van der Waals surface area (Å²) >= 11 is 0. The summed E-state index contributed by atoms with van der Waals surface area (Å²) in [5, 5.41) is 2.89. The molecule has 1 amide bonds. The molecule has 0 aromatic heterocycles. The van der Waals surface area contributed by atoms with Crippen LogP contribution in [0.4, 0.5) is 0 Å². The molecule has 1 aromatic carbocycles. The Kier molecular flexibility index (Phi) is 7.23. The lowest BCUT2D eigenvalue weighted by atomic mass is 10.1. The van der Waals surface area contributed by atoms with Crippen molar-refractivity contribution in [1.29, 1.82) is 0 Å². The van der Waals surface area contributed by atoms with Crippen LogP contribution in [0.15, 0.2) is 24.3 Å². The van der Waals surface area contributed by atoms with Crippen molar-refractivity contribution in [3.63, 3.8) is 0 Å². The van der Waals surface area contributed by atoms with Crippen LogP contribution >= 0.6 is 0 Å². The van der Waals surface area contributed by atoms with Crippen molar-refractivity contribution in [2.45, 2.75) is 32.0 Å². The first kappa shape index (κ1) is 18.3. The van der Waals surface area contributed by atoms with E-state index in [1.54, 1.807) is 0 Å². The number of ether oxygens (including phenoxy) is 3. The van der Waals surface area contributed by atoms with E-state index < -0.39 is 0 Å². The number of benzene rings is 1. The Morgan fingerprint density at radius 2 is 1.92 bits per heavy atom. The Hall–Kier alpha value is -1.47. The molecule has 2 fully saturated rings. The van der Waals surface area contributed by atoms with Crippen LogP contribution in [0.1, 0.15) is 24.0 Å². The van der Waals surface area contributed by atoms with E-state index in [-0.39, 0.29) is 18.6 Å². The van der Waals surface area contributed by atoms with Gasteiger partial charge in [0.15, 0.2) is 0 Å². The van der Waals surface area contributed by atoms with Gasteiger partial charge in [0.25, 0.3) is 0 Å². The summed E-state index contributed by atoms with van der Waals surface area (Å²) in [5.41, 5.74) is 2.38. The second kappa shape index (κ2) is 9.87. The Bertz CT molecular complexity index is 523. The van der Waals surface area contributed by atoms with Crippen LogP contribution in [0.2, 0.25) is 0 Å². The molecule has 25 heavy (non-hydrogen) atoms. The SMILES string of the molecule is O=C(COCC1CCCO1)NCc1ccc(CN2CCOCC2)cc1. The number of morpholine rings is 1. The van der Waals surface area contributed by atoms with Crippen molar-refractivity contribution < 1.29 is 19.0 Å². The summed E-state index contributed by atoms with van der Waals surface area (Å²) < 4.78 is 16.2. The third kappa shape index (κ3) is 6.40. The predicted octanol–water partition coefficient (Wildman–Crippen LogP) is 1.33. The van der Waals surface area contributed by atoms with E-state index in [2.05, 4.69) is 34.5 Å². The zero-order chi connectivity index (χ0) is 17.3. The molecule has 2 aliphatic heterocycles. The molecule has 0 bridgehead atoms. The van der Waals surface area contributed by atoms with Gasteiger partial charge in [-0.2, -0.15) is 0 Å². The van der Waals surface area contributed by atoms with E-state index in [1.165, 1.54) is 5.56 Å². The molecule has 6 heteroatoms. The van der Waals surface area contributed by atoms with Crippen LogP contribution in [0, 0.1) is 0 Å². The molecule has 1 unspecified atom stereocenters. The van der Waals surface area contributed by atoms with Crippen LogP contribution in [0.25, 0.3) is 0 Å². The number of hydrogen-bond donors (Lipinski definition) is 1. The molecule has 1 N–H and O–H groups in total. The zero-order valence-corrected chi connectivity index (χ0v) is 14.7. The van der Waals surface area contributed by atoms with Crippen molar-refractivity contribution in [3.05, 3.63) is 35.4 Å². The van der Waals surface area contributed by atoms with E-state index in [4.69, 9.17) is 14.2 Å². The first-order chi connectivity index (χ1) is 12.3. The van der Waals surface area contributed by atoms with Crippen LogP contribution in [-0.4, -0.2) is 63.0 Å². The first-order valence-electron chi connectivity index (χ1n) is 9.13. The number of carbonyl (C=O) groups excluding carboxylic acids is 1. The van der Waals surface area contributed by atoms with E-state index in [9.17, 15) is 4.79 Å². The first-order valence-corrected chi connectivity index (χ1v) is 9.13. The Labute approximate surface area is 149 Å². The molecule has 0 radical (unpaired) electrons. The van der Waals surface area contributed by atoms with Crippen molar-refractivity contribution in [1.82, 2.24) is 10.2 Å². The number of carbonyl (C=O) groups is 1. The Morgan fingerprint density at radius 1 is 1.16 bits per heavy atom. The quantitative estimate of drug-likeness (QED) is 0.768. The fraction of sp³-hybridized carbons (Fsp3) is 0.632. The second-order valence-corrected chi connectivity index (χ2v) is 6.63.